The van der Waals surface area contributed by atoms with Crippen molar-refractivity contribution in [3.63, 3.8) is 0 Å². The van der Waals surface area contributed by atoms with Gasteiger partial charge in [0, 0.05) is 42.3 Å². The van der Waals surface area contributed by atoms with Crippen molar-refractivity contribution in [1.82, 2.24) is 4.90 Å². The van der Waals surface area contributed by atoms with Crippen LogP contribution >= 0.6 is 11.6 Å². The average Bonchev–Trinajstić information content (AvgIpc) is 3.05. The lowest BCUT2D eigenvalue weighted by Gasteiger charge is -2.31. The van der Waals surface area contributed by atoms with E-state index in [2.05, 4.69) is 28.0 Å². The SMILES string of the molecule is O=C1C(Cc2ccc(N3CCOCC3)cc2Cl)CCN1C1CCCCC1. The first-order chi connectivity index (χ1) is 12.7. The topological polar surface area (TPSA) is 32.8 Å². The molecule has 2 saturated heterocycles. The van der Waals surface area contributed by atoms with E-state index in [1.807, 2.05) is 0 Å². The van der Waals surface area contributed by atoms with Gasteiger partial charge in [-0.2, -0.15) is 0 Å². The van der Waals surface area contributed by atoms with Gasteiger partial charge in [0.05, 0.1) is 13.2 Å². The highest BCUT2D eigenvalue weighted by molar-refractivity contribution is 6.31. The minimum absolute atomic E-state index is 0.101. The van der Waals surface area contributed by atoms with Crippen molar-refractivity contribution in [2.24, 2.45) is 5.92 Å². The van der Waals surface area contributed by atoms with Gasteiger partial charge < -0.3 is 14.5 Å². The molecule has 1 unspecified atom stereocenters. The Morgan fingerprint density at radius 1 is 1.04 bits per heavy atom. The van der Waals surface area contributed by atoms with Gasteiger partial charge >= 0.3 is 0 Å². The summed E-state index contributed by atoms with van der Waals surface area (Å²) in [5.41, 5.74) is 2.26. The number of hydrogen-bond acceptors (Lipinski definition) is 3. The van der Waals surface area contributed by atoms with Crippen LogP contribution in [0.3, 0.4) is 0 Å². The molecule has 1 aromatic carbocycles. The van der Waals surface area contributed by atoms with Gasteiger partial charge in [-0.25, -0.2) is 0 Å². The molecule has 0 bridgehead atoms. The highest BCUT2D eigenvalue weighted by atomic mass is 35.5. The molecule has 0 N–H and O–H groups in total. The number of rotatable bonds is 4. The Morgan fingerprint density at radius 2 is 1.81 bits per heavy atom. The van der Waals surface area contributed by atoms with Crippen LogP contribution in [0.2, 0.25) is 5.02 Å². The van der Waals surface area contributed by atoms with E-state index in [9.17, 15) is 4.79 Å². The third-order valence-electron chi connectivity index (χ3n) is 6.25. The van der Waals surface area contributed by atoms with Crippen LogP contribution in [-0.4, -0.2) is 49.7 Å². The van der Waals surface area contributed by atoms with Gasteiger partial charge in [0.25, 0.3) is 0 Å². The number of anilines is 1. The van der Waals surface area contributed by atoms with E-state index in [-0.39, 0.29) is 5.92 Å². The van der Waals surface area contributed by atoms with Gasteiger partial charge in [0.1, 0.15) is 0 Å². The first-order valence-corrected chi connectivity index (χ1v) is 10.5. The third-order valence-corrected chi connectivity index (χ3v) is 6.60. The molecular formula is C21H29ClN2O2. The van der Waals surface area contributed by atoms with Crippen molar-refractivity contribution >= 4 is 23.2 Å². The van der Waals surface area contributed by atoms with Crippen molar-refractivity contribution in [2.75, 3.05) is 37.7 Å². The number of likely N-dealkylation sites (tertiary alicyclic amines) is 1. The number of nitrogens with zero attached hydrogens (tertiary/aromatic N) is 2. The molecule has 142 valence electrons. The Balaban J connectivity index is 1.40. The van der Waals surface area contributed by atoms with Crippen molar-refractivity contribution in [3.05, 3.63) is 28.8 Å². The molecule has 1 atom stereocenters. The number of morpholine rings is 1. The van der Waals surface area contributed by atoms with E-state index >= 15 is 0 Å². The first-order valence-electron chi connectivity index (χ1n) is 10.1. The minimum atomic E-state index is 0.101. The standard InChI is InChI=1S/C21H29ClN2O2/c22-20-15-19(23-10-12-26-13-11-23)7-6-16(20)14-17-8-9-24(21(17)25)18-4-2-1-3-5-18/h6-7,15,17-18H,1-5,8-14H2. The number of carbonyl (C=O) groups excluding carboxylic acids is 1. The number of halogens is 1. The number of benzene rings is 1. The fourth-order valence-electron chi connectivity index (χ4n) is 4.69. The Kier molecular flexibility index (Phi) is 5.70. The molecule has 26 heavy (non-hydrogen) atoms. The second-order valence-corrected chi connectivity index (χ2v) is 8.30. The normalized spacial score (nSPS) is 25.1. The summed E-state index contributed by atoms with van der Waals surface area (Å²) in [5.74, 6) is 0.453. The number of carbonyl (C=O) groups is 1. The van der Waals surface area contributed by atoms with Crippen LogP contribution in [0.5, 0.6) is 0 Å². The predicted octanol–water partition coefficient (Wildman–Crippen LogP) is 3.90. The quantitative estimate of drug-likeness (QED) is 0.798. The van der Waals surface area contributed by atoms with Crippen LogP contribution in [0.4, 0.5) is 5.69 Å². The third kappa shape index (κ3) is 3.86. The molecule has 4 rings (SSSR count). The van der Waals surface area contributed by atoms with Gasteiger partial charge in [0.2, 0.25) is 5.91 Å². The molecule has 1 amide bonds. The molecule has 1 aromatic rings. The lowest BCUT2D eigenvalue weighted by molar-refractivity contribution is -0.133. The second kappa shape index (κ2) is 8.18. The summed E-state index contributed by atoms with van der Waals surface area (Å²) >= 11 is 6.58. The van der Waals surface area contributed by atoms with Crippen LogP contribution in [0.15, 0.2) is 18.2 Å². The molecule has 2 heterocycles. The molecule has 1 aliphatic carbocycles. The van der Waals surface area contributed by atoms with Crippen molar-refractivity contribution < 1.29 is 9.53 Å². The highest BCUT2D eigenvalue weighted by Crippen LogP contribution is 2.32. The number of hydrogen-bond donors (Lipinski definition) is 0. The largest absolute Gasteiger partial charge is 0.378 e. The summed E-state index contributed by atoms with van der Waals surface area (Å²) in [7, 11) is 0. The smallest absolute Gasteiger partial charge is 0.226 e. The predicted molar refractivity (Wildman–Crippen MR) is 105 cm³/mol. The Bertz CT molecular complexity index is 639. The Morgan fingerprint density at radius 3 is 2.54 bits per heavy atom. The molecule has 2 aliphatic heterocycles. The average molecular weight is 377 g/mol. The monoisotopic (exact) mass is 376 g/mol. The maximum atomic E-state index is 12.9. The van der Waals surface area contributed by atoms with E-state index in [1.165, 1.54) is 32.1 Å². The molecule has 0 spiro atoms. The second-order valence-electron chi connectivity index (χ2n) is 7.89. The lowest BCUT2D eigenvalue weighted by atomic mass is 9.94. The van der Waals surface area contributed by atoms with E-state index in [1.54, 1.807) is 0 Å². The Hall–Kier alpha value is -1.26. The van der Waals surface area contributed by atoms with Crippen molar-refractivity contribution in [1.29, 1.82) is 0 Å². The maximum absolute atomic E-state index is 12.9. The summed E-state index contributed by atoms with van der Waals surface area (Å²) in [6, 6.07) is 6.80. The molecule has 3 fully saturated rings. The molecule has 5 heteroatoms. The van der Waals surface area contributed by atoms with Gasteiger partial charge in [-0.05, 0) is 43.4 Å². The molecule has 4 nitrogen and oxygen atoms in total. The van der Waals surface area contributed by atoms with Crippen molar-refractivity contribution in [3.8, 4) is 0 Å². The zero-order valence-electron chi connectivity index (χ0n) is 15.5. The van der Waals surface area contributed by atoms with Gasteiger partial charge in [-0.15, -0.1) is 0 Å². The van der Waals surface area contributed by atoms with E-state index in [4.69, 9.17) is 16.3 Å². The van der Waals surface area contributed by atoms with Crippen LogP contribution in [0.25, 0.3) is 0 Å². The summed E-state index contributed by atoms with van der Waals surface area (Å²) < 4.78 is 5.42. The van der Waals surface area contributed by atoms with Crippen molar-refractivity contribution in [2.45, 2.75) is 51.0 Å². The summed E-state index contributed by atoms with van der Waals surface area (Å²) in [6.45, 7) is 4.29. The van der Waals surface area contributed by atoms with Crippen LogP contribution in [0.1, 0.15) is 44.1 Å². The van der Waals surface area contributed by atoms with Crippen LogP contribution in [-0.2, 0) is 16.0 Å². The van der Waals surface area contributed by atoms with Gasteiger partial charge in [-0.1, -0.05) is 36.9 Å². The molecule has 1 saturated carbocycles. The first kappa shape index (κ1) is 18.1. The summed E-state index contributed by atoms with van der Waals surface area (Å²) in [6.07, 6.45) is 7.98. The lowest BCUT2D eigenvalue weighted by Crippen LogP contribution is -2.39. The molecular weight excluding hydrogens is 348 g/mol. The van der Waals surface area contributed by atoms with Gasteiger partial charge in [-0.3, -0.25) is 4.79 Å². The Labute approximate surface area is 161 Å². The summed E-state index contributed by atoms with van der Waals surface area (Å²) in [5, 5.41) is 0.790. The zero-order chi connectivity index (χ0) is 17.9. The highest BCUT2D eigenvalue weighted by Gasteiger charge is 2.36. The molecule has 3 aliphatic rings. The van der Waals surface area contributed by atoms with E-state index in [0.29, 0.717) is 11.9 Å². The fraction of sp³-hybridized carbons (Fsp3) is 0.667. The summed E-state index contributed by atoms with van der Waals surface area (Å²) in [4.78, 5) is 17.4. The van der Waals surface area contributed by atoms with Gasteiger partial charge in [0.15, 0.2) is 0 Å². The maximum Gasteiger partial charge on any atom is 0.226 e. The van der Waals surface area contributed by atoms with E-state index in [0.717, 1.165) is 62.0 Å². The molecule has 0 radical (unpaired) electrons. The molecule has 0 aromatic heterocycles. The van der Waals surface area contributed by atoms with Crippen LogP contribution < -0.4 is 4.90 Å². The van der Waals surface area contributed by atoms with E-state index < -0.39 is 0 Å². The van der Waals surface area contributed by atoms with Crippen LogP contribution in [0, 0.1) is 5.92 Å². The number of amides is 1. The zero-order valence-corrected chi connectivity index (χ0v) is 16.2. The fourth-order valence-corrected chi connectivity index (χ4v) is 4.95. The number of ether oxygens (including phenoxy) is 1. The minimum Gasteiger partial charge on any atom is -0.378 e.